The number of benzene rings is 1. The van der Waals surface area contributed by atoms with E-state index in [0.29, 0.717) is 23.5 Å². The molecule has 0 atom stereocenters. The van der Waals surface area contributed by atoms with Crippen molar-refractivity contribution in [2.45, 2.75) is 26.3 Å². The van der Waals surface area contributed by atoms with Gasteiger partial charge in [0.2, 0.25) is 5.82 Å². The lowest BCUT2D eigenvalue weighted by atomic mass is 10.1. The van der Waals surface area contributed by atoms with Gasteiger partial charge in [0.05, 0.1) is 16.6 Å². The highest BCUT2D eigenvalue weighted by molar-refractivity contribution is 5.61. The van der Waals surface area contributed by atoms with Gasteiger partial charge in [0.15, 0.2) is 0 Å². The Balaban J connectivity index is 1.72. The van der Waals surface area contributed by atoms with Gasteiger partial charge in [-0.15, -0.1) is 0 Å². The van der Waals surface area contributed by atoms with Crippen molar-refractivity contribution in [1.82, 2.24) is 14.7 Å². The topological polar surface area (TPSA) is 91.2 Å². The summed E-state index contributed by atoms with van der Waals surface area (Å²) < 4.78 is 1.65. The van der Waals surface area contributed by atoms with Crippen molar-refractivity contribution in [3.63, 3.8) is 0 Å². The minimum absolute atomic E-state index is 0.139. The maximum atomic E-state index is 11.6. The fourth-order valence-corrected chi connectivity index (χ4v) is 3.62. The lowest BCUT2D eigenvalue weighted by molar-refractivity contribution is -0.384. The van der Waals surface area contributed by atoms with Crippen LogP contribution < -0.4 is 4.90 Å². The summed E-state index contributed by atoms with van der Waals surface area (Å²) in [5.41, 5.74) is 2.51. The molecular formula is C19H24N6O2. The Morgan fingerprint density at radius 1 is 1.22 bits per heavy atom. The van der Waals surface area contributed by atoms with Crippen LogP contribution in [0.5, 0.6) is 0 Å². The number of nitrogens with zero attached hydrogens (tertiary/aromatic N) is 6. The predicted octanol–water partition coefficient (Wildman–Crippen LogP) is 2.47. The maximum absolute atomic E-state index is 11.6. The van der Waals surface area contributed by atoms with E-state index in [-0.39, 0.29) is 10.6 Å². The third-order valence-electron chi connectivity index (χ3n) is 4.96. The molecule has 8 nitrogen and oxygen atoms in total. The lowest BCUT2D eigenvalue weighted by Gasteiger charge is -2.23. The van der Waals surface area contributed by atoms with Crippen molar-refractivity contribution in [3.8, 4) is 6.07 Å². The molecule has 3 rings (SSSR count). The SMILES string of the molecule is CCc1nn(C)c(N2CCCN(Cc3ccc(C#N)cc3)CC2)c1[N+](=O)[O-]. The molecule has 2 heterocycles. The molecule has 1 fully saturated rings. The van der Waals surface area contributed by atoms with Crippen molar-refractivity contribution in [3.05, 3.63) is 51.2 Å². The molecule has 2 aromatic rings. The zero-order valence-corrected chi connectivity index (χ0v) is 15.8. The molecular weight excluding hydrogens is 344 g/mol. The quantitative estimate of drug-likeness (QED) is 0.595. The summed E-state index contributed by atoms with van der Waals surface area (Å²) in [5, 5.41) is 24.9. The summed E-state index contributed by atoms with van der Waals surface area (Å²) in [5.74, 6) is 0.608. The fourth-order valence-electron chi connectivity index (χ4n) is 3.62. The molecule has 1 aromatic carbocycles. The second-order valence-corrected chi connectivity index (χ2v) is 6.78. The van der Waals surface area contributed by atoms with E-state index in [9.17, 15) is 10.1 Å². The zero-order chi connectivity index (χ0) is 19.4. The number of aromatic nitrogens is 2. The van der Waals surface area contributed by atoms with E-state index in [0.717, 1.165) is 39.1 Å². The third kappa shape index (κ3) is 4.09. The minimum atomic E-state index is -0.305. The first-order valence-corrected chi connectivity index (χ1v) is 9.20. The van der Waals surface area contributed by atoms with Crippen LogP contribution in [0.1, 0.15) is 30.2 Å². The van der Waals surface area contributed by atoms with E-state index in [2.05, 4.69) is 21.0 Å². The van der Waals surface area contributed by atoms with Gasteiger partial charge in [-0.3, -0.25) is 15.0 Å². The van der Waals surface area contributed by atoms with E-state index in [4.69, 9.17) is 5.26 Å². The average molecular weight is 368 g/mol. The van der Waals surface area contributed by atoms with Crippen LogP contribution in [0, 0.1) is 21.4 Å². The first-order valence-electron chi connectivity index (χ1n) is 9.20. The lowest BCUT2D eigenvalue weighted by Crippen LogP contribution is -2.32. The highest BCUT2D eigenvalue weighted by atomic mass is 16.6. The van der Waals surface area contributed by atoms with Crippen LogP contribution in [0.25, 0.3) is 0 Å². The Kier molecular flexibility index (Phi) is 5.72. The number of anilines is 1. The van der Waals surface area contributed by atoms with Crippen molar-refractivity contribution in [2.75, 3.05) is 31.1 Å². The number of rotatable bonds is 5. The fraction of sp³-hybridized carbons (Fsp3) is 0.474. The molecule has 1 aromatic heterocycles. The van der Waals surface area contributed by atoms with Gasteiger partial charge in [0.25, 0.3) is 0 Å². The molecule has 0 aliphatic carbocycles. The largest absolute Gasteiger partial charge is 0.350 e. The Hall–Kier alpha value is -2.92. The van der Waals surface area contributed by atoms with Crippen LogP contribution >= 0.6 is 0 Å². The maximum Gasteiger partial charge on any atom is 0.334 e. The second-order valence-electron chi connectivity index (χ2n) is 6.78. The summed E-state index contributed by atoms with van der Waals surface area (Å²) in [7, 11) is 1.78. The molecule has 0 spiro atoms. The van der Waals surface area contributed by atoms with Crippen LogP contribution in [0.3, 0.4) is 0 Å². The smallest absolute Gasteiger partial charge is 0.334 e. The Morgan fingerprint density at radius 3 is 2.59 bits per heavy atom. The van der Waals surface area contributed by atoms with Gasteiger partial charge in [-0.25, -0.2) is 4.68 Å². The number of nitro groups is 1. The van der Waals surface area contributed by atoms with E-state index < -0.39 is 0 Å². The van der Waals surface area contributed by atoms with Crippen LogP contribution in [0.4, 0.5) is 11.5 Å². The molecule has 1 saturated heterocycles. The predicted molar refractivity (Wildman–Crippen MR) is 103 cm³/mol. The monoisotopic (exact) mass is 368 g/mol. The van der Waals surface area contributed by atoms with E-state index in [1.165, 1.54) is 5.56 Å². The van der Waals surface area contributed by atoms with Gasteiger partial charge < -0.3 is 4.90 Å². The number of hydrogen-bond acceptors (Lipinski definition) is 6. The summed E-state index contributed by atoms with van der Waals surface area (Å²) >= 11 is 0. The average Bonchev–Trinajstić information content (AvgIpc) is 2.84. The van der Waals surface area contributed by atoms with Gasteiger partial charge in [-0.05, 0) is 30.5 Å². The Morgan fingerprint density at radius 2 is 1.96 bits per heavy atom. The summed E-state index contributed by atoms with van der Waals surface area (Å²) in [6.45, 7) is 5.95. The molecule has 0 unspecified atom stereocenters. The number of nitriles is 1. The van der Waals surface area contributed by atoms with Crippen molar-refractivity contribution < 1.29 is 4.92 Å². The molecule has 142 valence electrons. The van der Waals surface area contributed by atoms with Crippen molar-refractivity contribution in [2.24, 2.45) is 7.05 Å². The van der Waals surface area contributed by atoms with E-state index >= 15 is 0 Å². The van der Waals surface area contributed by atoms with Gasteiger partial charge in [0.1, 0.15) is 5.69 Å². The van der Waals surface area contributed by atoms with Crippen LogP contribution in [-0.2, 0) is 20.0 Å². The third-order valence-corrected chi connectivity index (χ3v) is 4.96. The molecule has 0 bridgehead atoms. The number of aryl methyl sites for hydroxylation is 2. The molecule has 8 heteroatoms. The molecule has 1 aliphatic rings. The zero-order valence-electron chi connectivity index (χ0n) is 15.8. The van der Waals surface area contributed by atoms with Crippen LogP contribution in [0.2, 0.25) is 0 Å². The van der Waals surface area contributed by atoms with E-state index in [1.807, 2.05) is 31.2 Å². The molecule has 0 amide bonds. The normalized spacial score (nSPS) is 15.4. The van der Waals surface area contributed by atoms with Crippen LogP contribution in [-0.4, -0.2) is 45.8 Å². The molecule has 0 radical (unpaired) electrons. The molecule has 27 heavy (non-hydrogen) atoms. The summed E-state index contributed by atoms with van der Waals surface area (Å²) in [4.78, 5) is 15.7. The highest BCUT2D eigenvalue weighted by Crippen LogP contribution is 2.32. The second kappa shape index (κ2) is 8.18. The number of hydrogen-bond donors (Lipinski definition) is 0. The van der Waals surface area contributed by atoms with Gasteiger partial charge >= 0.3 is 5.69 Å². The van der Waals surface area contributed by atoms with Gasteiger partial charge in [-0.1, -0.05) is 19.1 Å². The van der Waals surface area contributed by atoms with Crippen molar-refractivity contribution in [1.29, 1.82) is 5.26 Å². The van der Waals surface area contributed by atoms with E-state index in [1.54, 1.807) is 11.7 Å². The van der Waals surface area contributed by atoms with Gasteiger partial charge in [0, 0.05) is 39.8 Å². The standard InChI is InChI=1S/C19H24N6O2/c1-3-17-18(25(26)27)19(22(2)21-17)24-10-4-9-23(11-12-24)14-16-7-5-15(13-20)6-8-16/h5-8H,3-4,9-12,14H2,1-2H3. The highest BCUT2D eigenvalue weighted by Gasteiger charge is 2.30. The summed E-state index contributed by atoms with van der Waals surface area (Å²) in [6, 6.07) is 9.78. The Bertz CT molecular complexity index is 852. The van der Waals surface area contributed by atoms with Crippen molar-refractivity contribution >= 4 is 11.5 Å². The summed E-state index contributed by atoms with van der Waals surface area (Å²) in [6.07, 6.45) is 1.48. The first kappa shape index (κ1) is 18.9. The minimum Gasteiger partial charge on any atom is -0.350 e. The van der Waals surface area contributed by atoms with Gasteiger partial charge in [-0.2, -0.15) is 10.4 Å². The van der Waals surface area contributed by atoms with Crippen LogP contribution in [0.15, 0.2) is 24.3 Å². The Labute approximate surface area is 158 Å². The molecule has 1 aliphatic heterocycles. The molecule has 0 saturated carbocycles. The first-order chi connectivity index (χ1) is 13.0. The molecule has 0 N–H and O–H groups in total.